The number of fused-ring (bicyclic) bond motifs is 1. The van der Waals surface area contributed by atoms with Gasteiger partial charge < -0.3 is 4.74 Å². The van der Waals surface area contributed by atoms with Gasteiger partial charge in [-0.25, -0.2) is 0 Å². The van der Waals surface area contributed by atoms with Crippen molar-refractivity contribution < 1.29 is 4.74 Å². The van der Waals surface area contributed by atoms with Crippen LogP contribution in [0.3, 0.4) is 0 Å². The van der Waals surface area contributed by atoms with Crippen LogP contribution >= 0.6 is 0 Å². The van der Waals surface area contributed by atoms with E-state index in [0.29, 0.717) is 11.7 Å². The third kappa shape index (κ3) is 2.55. The van der Waals surface area contributed by atoms with E-state index in [4.69, 9.17) is 4.74 Å². The molecule has 1 heterocycles. The van der Waals surface area contributed by atoms with Crippen molar-refractivity contribution in [2.24, 2.45) is 5.92 Å². The minimum Gasteiger partial charge on any atom is -0.366 e. The van der Waals surface area contributed by atoms with Gasteiger partial charge in [0, 0.05) is 0 Å². The number of ether oxygens (including phenoxy) is 1. The van der Waals surface area contributed by atoms with Crippen LogP contribution in [0.5, 0.6) is 0 Å². The Labute approximate surface area is 94.6 Å². The van der Waals surface area contributed by atoms with Gasteiger partial charge in [-0.2, -0.15) is 0 Å². The molecule has 0 aromatic heterocycles. The van der Waals surface area contributed by atoms with Crippen molar-refractivity contribution in [3.05, 3.63) is 0 Å². The molecule has 1 aliphatic heterocycles. The highest BCUT2D eigenvalue weighted by molar-refractivity contribution is 5.05. The van der Waals surface area contributed by atoms with Crippen LogP contribution in [0.4, 0.5) is 0 Å². The fraction of sp³-hybridized carbons (Fsp3) is 1.00. The summed E-state index contributed by atoms with van der Waals surface area (Å²) >= 11 is 0. The van der Waals surface area contributed by atoms with Gasteiger partial charge in [0.2, 0.25) is 0 Å². The van der Waals surface area contributed by atoms with Crippen LogP contribution in [-0.4, -0.2) is 11.7 Å². The summed E-state index contributed by atoms with van der Waals surface area (Å²) in [7, 11) is 0. The van der Waals surface area contributed by atoms with Crippen LogP contribution in [0.15, 0.2) is 0 Å². The van der Waals surface area contributed by atoms with Crippen molar-refractivity contribution in [3.8, 4) is 0 Å². The Morgan fingerprint density at radius 1 is 1.33 bits per heavy atom. The van der Waals surface area contributed by atoms with E-state index in [-0.39, 0.29) is 0 Å². The number of epoxide rings is 1. The van der Waals surface area contributed by atoms with Gasteiger partial charge in [-0.15, -0.1) is 0 Å². The van der Waals surface area contributed by atoms with Crippen LogP contribution in [0.25, 0.3) is 0 Å². The quantitative estimate of drug-likeness (QED) is 0.595. The van der Waals surface area contributed by atoms with Gasteiger partial charge in [0.25, 0.3) is 0 Å². The number of hydrogen-bond acceptors (Lipinski definition) is 1. The summed E-state index contributed by atoms with van der Waals surface area (Å²) in [5.74, 6) is 0.924. The Kier molecular flexibility index (Phi) is 3.71. The molecule has 2 aliphatic rings. The standard InChI is InChI=1S/C14H26O/c1-3-5-8-12(4-2)11-14-10-7-6-9-13(14)15-14/h12-13H,3-11H2,1-2H3. The van der Waals surface area contributed by atoms with Gasteiger partial charge in [0.15, 0.2) is 0 Å². The highest BCUT2D eigenvalue weighted by Crippen LogP contribution is 2.52. The number of unbranched alkanes of at least 4 members (excludes halogenated alkanes) is 1. The molecule has 15 heavy (non-hydrogen) atoms. The second kappa shape index (κ2) is 4.86. The van der Waals surface area contributed by atoms with Gasteiger partial charge in [-0.1, -0.05) is 52.4 Å². The molecule has 0 bridgehead atoms. The maximum absolute atomic E-state index is 5.98. The molecule has 0 spiro atoms. The summed E-state index contributed by atoms with van der Waals surface area (Å²) in [5.41, 5.74) is 0.368. The molecule has 1 saturated carbocycles. The van der Waals surface area contributed by atoms with Crippen LogP contribution in [-0.2, 0) is 4.74 Å². The van der Waals surface area contributed by atoms with Crippen molar-refractivity contribution in [2.45, 2.75) is 83.3 Å². The van der Waals surface area contributed by atoms with Crippen molar-refractivity contribution in [3.63, 3.8) is 0 Å². The summed E-state index contributed by atoms with van der Waals surface area (Å²) in [6, 6.07) is 0. The highest BCUT2D eigenvalue weighted by Gasteiger charge is 2.57. The molecule has 0 aromatic rings. The SMILES string of the molecule is CCCCC(CC)CC12CCCCC1O2. The average Bonchev–Trinajstić information content (AvgIpc) is 2.98. The molecule has 2 rings (SSSR count). The summed E-state index contributed by atoms with van der Waals surface area (Å²) in [6.45, 7) is 4.64. The summed E-state index contributed by atoms with van der Waals surface area (Å²) in [4.78, 5) is 0. The minimum atomic E-state index is 0.368. The zero-order valence-electron chi connectivity index (χ0n) is 10.4. The van der Waals surface area contributed by atoms with Crippen molar-refractivity contribution in [1.82, 2.24) is 0 Å². The molecule has 1 aliphatic carbocycles. The summed E-state index contributed by atoms with van der Waals surface area (Å²) < 4.78 is 5.98. The first kappa shape index (κ1) is 11.4. The van der Waals surface area contributed by atoms with E-state index < -0.39 is 0 Å². The molecule has 0 N–H and O–H groups in total. The van der Waals surface area contributed by atoms with Crippen LogP contribution < -0.4 is 0 Å². The third-order valence-corrected chi connectivity index (χ3v) is 4.40. The minimum absolute atomic E-state index is 0.368. The largest absolute Gasteiger partial charge is 0.366 e. The van der Waals surface area contributed by atoms with Crippen LogP contribution in [0, 0.1) is 5.92 Å². The Morgan fingerprint density at radius 3 is 2.87 bits per heavy atom. The highest BCUT2D eigenvalue weighted by atomic mass is 16.6. The van der Waals surface area contributed by atoms with Crippen molar-refractivity contribution >= 4 is 0 Å². The zero-order chi connectivity index (χ0) is 10.7. The topological polar surface area (TPSA) is 12.5 Å². The predicted molar refractivity (Wildman–Crippen MR) is 64.0 cm³/mol. The van der Waals surface area contributed by atoms with Gasteiger partial charge in [0.1, 0.15) is 0 Å². The lowest BCUT2D eigenvalue weighted by molar-refractivity contribution is 0.227. The van der Waals surface area contributed by atoms with E-state index in [9.17, 15) is 0 Å². The number of hydrogen-bond donors (Lipinski definition) is 0. The van der Waals surface area contributed by atoms with E-state index in [1.165, 1.54) is 57.8 Å². The Hall–Kier alpha value is -0.0400. The van der Waals surface area contributed by atoms with E-state index in [2.05, 4.69) is 13.8 Å². The normalized spacial score (nSPS) is 36.0. The first-order valence-corrected chi connectivity index (χ1v) is 6.98. The smallest absolute Gasteiger partial charge is 0.0951 e. The van der Waals surface area contributed by atoms with Gasteiger partial charge in [0.05, 0.1) is 11.7 Å². The fourth-order valence-electron chi connectivity index (χ4n) is 3.26. The first-order valence-electron chi connectivity index (χ1n) is 6.98. The molecule has 2 fully saturated rings. The average molecular weight is 210 g/mol. The lowest BCUT2D eigenvalue weighted by atomic mass is 9.80. The second-order valence-corrected chi connectivity index (χ2v) is 5.54. The molecular weight excluding hydrogens is 184 g/mol. The molecule has 88 valence electrons. The molecule has 1 saturated heterocycles. The summed E-state index contributed by atoms with van der Waals surface area (Å²) in [6.07, 6.45) is 13.0. The predicted octanol–water partition coefficient (Wildman–Crippen LogP) is 4.30. The van der Waals surface area contributed by atoms with Gasteiger partial charge in [-0.3, -0.25) is 0 Å². The lowest BCUT2D eigenvalue weighted by Gasteiger charge is -2.22. The maximum Gasteiger partial charge on any atom is 0.0951 e. The lowest BCUT2D eigenvalue weighted by Crippen LogP contribution is -2.23. The zero-order valence-corrected chi connectivity index (χ0v) is 10.4. The number of rotatable bonds is 6. The van der Waals surface area contributed by atoms with E-state index in [1.807, 2.05) is 0 Å². The molecule has 1 heteroatoms. The molecule has 0 aromatic carbocycles. The Bertz CT molecular complexity index is 202. The Balaban J connectivity index is 1.79. The molecule has 1 nitrogen and oxygen atoms in total. The molecule has 0 radical (unpaired) electrons. The van der Waals surface area contributed by atoms with Crippen LogP contribution in [0.1, 0.15) is 71.6 Å². The van der Waals surface area contributed by atoms with E-state index >= 15 is 0 Å². The molecule has 0 amide bonds. The second-order valence-electron chi connectivity index (χ2n) is 5.54. The van der Waals surface area contributed by atoms with Crippen molar-refractivity contribution in [1.29, 1.82) is 0 Å². The molecule has 3 unspecified atom stereocenters. The molecule has 3 atom stereocenters. The van der Waals surface area contributed by atoms with E-state index in [0.717, 1.165) is 5.92 Å². The monoisotopic (exact) mass is 210 g/mol. The van der Waals surface area contributed by atoms with E-state index in [1.54, 1.807) is 0 Å². The maximum atomic E-state index is 5.98. The Morgan fingerprint density at radius 2 is 2.20 bits per heavy atom. The van der Waals surface area contributed by atoms with Crippen LogP contribution in [0.2, 0.25) is 0 Å². The van der Waals surface area contributed by atoms with Gasteiger partial charge >= 0.3 is 0 Å². The fourth-order valence-corrected chi connectivity index (χ4v) is 3.26. The third-order valence-electron chi connectivity index (χ3n) is 4.40. The van der Waals surface area contributed by atoms with Crippen molar-refractivity contribution in [2.75, 3.05) is 0 Å². The van der Waals surface area contributed by atoms with Gasteiger partial charge in [-0.05, 0) is 25.2 Å². The summed E-state index contributed by atoms with van der Waals surface area (Å²) in [5, 5.41) is 0. The molecular formula is C14H26O. The first-order chi connectivity index (χ1) is 7.30.